The van der Waals surface area contributed by atoms with Crippen LogP contribution in [0.25, 0.3) is 0 Å². The normalized spacial score (nSPS) is 30.4. The predicted octanol–water partition coefficient (Wildman–Crippen LogP) is 3.00. The molecule has 2 bridgehead atoms. The Labute approximate surface area is 241 Å². The molecule has 7 unspecified atom stereocenters. The number of hydrogen-bond acceptors (Lipinski definition) is 7. The highest BCUT2D eigenvalue weighted by Gasteiger charge is 2.56. The van der Waals surface area contributed by atoms with E-state index in [1.807, 2.05) is 13.8 Å². The van der Waals surface area contributed by atoms with Crippen LogP contribution in [0.3, 0.4) is 0 Å². The number of aliphatic hydroxyl groups is 2. The molecule has 41 heavy (non-hydrogen) atoms. The number of allylic oxidation sites excluding steroid dienone is 1. The Morgan fingerprint density at radius 3 is 2.61 bits per heavy atom. The van der Waals surface area contributed by atoms with E-state index in [0.29, 0.717) is 52.9 Å². The first-order valence-electron chi connectivity index (χ1n) is 14.6. The molecule has 4 aliphatic carbocycles. The van der Waals surface area contributed by atoms with Crippen molar-refractivity contribution in [1.82, 2.24) is 10.2 Å². The molecular formula is C32H42N2O7. The van der Waals surface area contributed by atoms with Crippen molar-refractivity contribution in [2.75, 3.05) is 26.8 Å². The van der Waals surface area contributed by atoms with E-state index in [0.717, 1.165) is 24.8 Å². The SMILES string of the molecule is COc1cc(C=O)cc2c1OC1C2C(C(=O)NCCO)=CC(N(CC2CCC3CC2C3(C)C)C(=O)C=C(C)C)C1O. The smallest absolute Gasteiger partial charge is 0.247 e. The number of benzene rings is 1. The third-order valence-corrected chi connectivity index (χ3v) is 9.90. The van der Waals surface area contributed by atoms with Gasteiger partial charge in [0.2, 0.25) is 11.8 Å². The first kappa shape index (κ1) is 29.3. The predicted molar refractivity (Wildman–Crippen MR) is 153 cm³/mol. The summed E-state index contributed by atoms with van der Waals surface area (Å²) < 4.78 is 11.8. The number of nitrogens with zero attached hydrogens (tertiary/aromatic N) is 1. The van der Waals surface area contributed by atoms with Crippen LogP contribution in [-0.4, -0.2) is 78.3 Å². The second kappa shape index (κ2) is 11.2. The average Bonchev–Trinajstić information content (AvgIpc) is 3.34. The number of ether oxygens (including phenoxy) is 2. The Morgan fingerprint density at radius 1 is 1.24 bits per heavy atom. The van der Waals surface area contributed by atoms with Gasteiger partial charge in [-0.25, -0.2) is 0 Å². The molecule has 2 amide bonds. The summed E-state index contributed by atoms with van der Waals surface area (Å²) in [6.07, 6.45) is 5.23. The Balaban J connectivity index is 1.57. The van der Waals surface area contributed by atoms with Crippen LogP contribution < -0.4 is 14.8 Å². The molecule has 5 aliphatic rings. The van der Waals surface area contributed by atoms with Crippen molar-refractivity contribution in [3.05, 3.63) is 46.6 Å². The number of rotatable bonds is 9. The number of fused-ring (bicyclic) bond motifs is 5. The van der Waals surface area contributed by atoms with Crippen LogP contribution >= 0.6 is 0 Å². The van der Waals surface area contributed by atoms with Gasteiger partial charge in [0.25, 0.3) is 0 Å². The largest absolute Gasteiger partial charge is 0.493 e. The quantitative estimate of drug-likeness (QED) is 0.310. The highest BCUT2D eigenvalue weighted by molar-refractivity contribution is 5.97. The lowest BCUT2D eigenvalue weighted by atomic mass is 9.45. The fourth-order valence-corrected chi connectivity index (χ4v) is 7.68. The molecule has 1 aromatic carbocycles. The number of methoxy groups -OCH3 is 1. The van der Waals surface area contributed by atoms with E-state index in [2.05, 4.69) is 19.2 Å². The highest BCUT2D eigenvalue weighted by atomic mass is 16.5. The monoisotopic (exact) mass is 566 g/mol. The van der Waals surface area contributed by atoms with Gasteiger partial charge < -0.3 is 29.9 Å². The maximum atomic E-state index is 13.8. The zero-order valence-electron chi connectivity index (χ0n) is 24.6. The second-order valence-corrected chi connectivity index (χ2v) is 12.8. The van der Waals surface area contributed by atoms with Crippen LogP contribution in [0.15, 0.2) is 35.4 Å². The van der Waals surface area contributed by atoms with Crippen molar-refractivity contribution >= 4 is 18.1 Å². The molecule has 3 fully saturated rings. The number of hydrogen-bond donors (Lipinski definition) is 3. The molecule has 1 aromatic rings. The second-order valence-electron chi connectivity index (χ2n) is 12.8. The van der Waals surface area contributed by atoms with Crippen LogP contribution in [0.4, 0.5) is 0 Å². The summed E-state index contributed by atoms with van der Waals surface area (Å²) in [7, 11) is 1.47. The highest BCUT2D eigenvalue weighted by Crippen LogP contribution is 2.61. The lowest BCUT2D eigenvalue weighted by molar-refractivity contribution is -0.142. The van der Waals surface area contributed by atoms with Crippen LogP contribution in [0.1, 0.15) is 68.8 Å². The van der Waals surface area contributed by atoms with Crippen molar-refractivity contribution < 1.29 is 34.1 Å². The van der Waals surface area contributed by atoms with Gasteiger partial charge >= 0.3 is 0 Å². The number of nitrogens with one attached hydrogen (secondary N) is 1. The molecule has 1 heterocycles. The Hall–Kier alpha value is -3.17. The Kier molecular flexibility index (Phi) is 8.05. The van der Waals surface area contributed by atoms with Crippen molar-refractivity contribution in [3.63, 3.8) is 0 Å². The summed E-state index contributed by atoms with van der Waals surface area (Å²) in [5.74, 6) is 0.861. The third-order valence-electron chi connectivity index (χ3n) is 9.90. The summed E-state index contributed by atoms with van der Waals surface area (Å²) >= 11 is 0. The molecule has 0 aromatic heterocycles. The minimum atomic E-state index is -1.15. The van der Waals surface area contributed by atoms with Gasteiger partial charge in [-0.2, -0.15) is 0 Å². The number of aliphatic hydroxyl groups excluding tert-OH is 2. The molecule has 222 valence electrons. The molecule has 0 radical (unpaired) electrons. The lowest BCUT2D eigenvalue weighted by Gasteiger charge is -2.61. The first-order valence-corrected chi connectivity index (χ1v) is 14.6. The zero-order chi connectivity index (χ0) is 29.6. The Bertz CT molecular complexity index is 1280. The molecule has 1 aliphatic heterocycles. The van der Waals surface area contributed by atoms with Crippen molar-refractivity contribution in [2.45, 2.75) is 71.1 Å². The maximum absolute atomic E-state index is 13.8. The van der Waals surface area contributed by atoms with Crippen molar-refractivity contribution in [3.8, 4) is 11.5 Å². The lowest BCUT2D eigenvalue weighted by Crippen LogP contribution is -2.59. The van der Waals surface area contributed by atoms with E-state index in [1.54, 1.807) is 29.2 Å². The van der Waals surface area contributed by atoms with Crippen LogP contribution in [-0.2, 0) is 9.59 Å². The van der Waals surface area contributed by atoms with Crippen molar-refractivity contribution in [1.29, 1.82) is 0 Å². The molecule has 9 heteroatoms. The van der Waals surface area contributed by atoms with Crippen LogP contribution in [0.5, 0.6) is 11.5 Å². The van der Waals surface area contributed by atoms with Gasteiger partial charge in [0, 0.05) is 35.9 Å². The fourth-order valence-electron chi connectivity index (χ4n) is 7.68. The van der Waals surface area contributed by atoms with Gasteiger partial charge in [-0.05, 0) is 74.5 Å². The van der Waals surface area contributed by atoms with E-state index >= 15 is 0 Å². The van der Waals surface area contributed by atoms with Gasteiger partial charge in [-0.3, -0.25) is 14.4 Å². The molecule has 9 nitrogen and oxygen atoms in total. The average molecular weight is 567 g/mol. The summed E-state index contributed by atoms with van der Waals surface area (Å²) in [5, 5.41) is 24.0. The van der Waals surface area contributed by atoms with Gasteiger partial charge in [0.05, 0.1) is 25.7 Å². The van der Waals surface area contributed by atoms with Gasteiger partial charge in [-0.15, -0.1) is 0 Å². The molecule has 3 saturated carbocycles. The standard InChI is InChI=1S/C32H42N2O7/c1-17(2)10-26(37)34(15-19-6-7-20-13-23(19)32(20,3)4)24-14-22(31(39)33-8-9-35)27-21-11-18(16-36)12-25(40-5)29(21)41-30(27)28(24)38/h10-12,14,16,19-20,23-24,27-28,30,35,38H,6-9,13,15H2,1-5H3,(H,33,39). The number of carbonyl (C=O) groups excluding carboxylic acids is 3. The fraction of sp³-hybridized carbons (Fsp3) is 0.594. The van der Waals surface area contributed by atoms with Crippen LogP contribution in [0, 0.1) is 23.2 Å². The Morgan fingerprint density at radius 2 is 2.00 bits per heavy atom. The molecular weight excluding hydrogens is 524 g/mol. The van der Waals surface area contributed by atoms with E-state index in [-0.39, 0.29) is 30.4 Å². The number of amides is 2. The summed E-state index contributed by atoms with van der Waals surface area (Å²) in [6, 6.07) is 2.39. The van der Waals surface area contributed by atoms with E-state index in [4.69, 9.17) is 9.47 Å². The molecule has 7 atom stereocenters. The topological polar surface area (TPSA) is 125 Å². The van der Waals surface area contributed by atoms with E-state index in [1.165, 1.54) is 7.11 Å². The summed E-state index contributed by atoms with van der Waals surface area (Å²) in [4.78, 5) is 40.7. The number of carbonyl (C=O) groups is 3. The minimum Gasteiger partial charge on any atom is -0.493 e. The van der Waals surface area contributed by atoms with Gasteiger partial charge in [0.1, 0.15) is 18.5 Å². The van der Waals surface area contributed by atoms with E-state index in [9.17, 15) is 24.6 Å². The van der Waals surface area contributed by atoms with Gasteiger partial charge in [0.15, 0.2) is 11.5 Å². The van der Waals surface area contributed by atoms with E-state index < -0.39 is 30.1 Å². The summed E-state index contributed by atoms with van der Waals surface area (Å²) in [5.41, 5.74) is 2.31. The minimum absolute atomic E-state index is 0.0482. The molecule has 3 N–H and O–H groups in total. The zero-order valence-corrected chi connectivity index (χ0v) is 24.6. The number of aldehydes is 1. The van der Waals surface area contributed by atoms with Crippen LogP contribution in [0.2, 0.25) is 0 Å². The maximum Gasteiger partial charge on any atom is 0.247 e. The molecule has 0 spiro atoms. The third kappa shape index (κ3) is 5.07. The van der Waals surface area contributed by atoms with Crippen molar-refractivity contribution in [2.24, 2.45) is 23.2 Å². The summed E-state index contributed by atoms with van der Waals surface area (Å²) in [6.45, 7) is 8.63. The first-order chi connectivity index (χ1) is 19.5. The van der Waals surface area contributed by atoms with Gasteiger partial charge in [-0.1, -0.05) is 19.4 Å². The molecule has 6 rings (SSSR count). The molecule has 0 saturated heterocycles.